The van der Waals surface area contributed by atoms with Crippen LogP contribution in [0.2, 0.25) is 0 Å². The number of carboxylic acid groups (broad SMARTS) is 1. The standard InChI is InChI=1S/C13H16N2O6/c1-20-6-11(16)14-9-3-8(13(18)19)4-10(5-9)15-12(17)7-21-2/h3-5H,6-7H2,1-2H3,(H,14,16)(H,15,17)(H,18,19). The topological polar surface area (TPSA) is 114 Å². The van der Waals surface area contributed by atoms with Crippen molar-refractivity contribution in [3.8, 4) is 0 Å². The van der Waals surface area contributed by atoms with Gasteiger partial charge in [0.2, 0.25) is 11.8 Å². The summed E-state index contributed by atoms with van der Waals surface area (Å²) < 4.78 is 9.33. The molecule has 0 aromatic heterocycles. The molecule has 8 heteroatoms. The molecular formula is C13H16N2O6. The summed E-state index contributed by atoms with van der Waals surface area (Å²) in [6.45, 7) is -0.328. The van der Waals surface area contributed by atoms with Crippen LogP contribution >= 0.6 is 0 Å². The molecule has 0 heterocycles. The molecule has 0 saturated carbocycles. The molecular weight excluding hydrogens is 280 g/mol. The molecule has 1 aromatic rings. The van der Waals surface area contributed by atoms with Crippen molar-refractivity contribution in [1.29, 1.82) is 0 Å². The van der Waals surface area contributed by atoms with Gasteiger partial charge in [-0.3, -0.25) is 9.59 Å². The zero-order valence-electron chi connectivity index (χ0n) is 11.6. The van der Waals surface area contributed by atoms with Gasteiger partial charge >= 0.3 is 5.97 Å². The van der Waals surface area contributed by atoms with Gasteiger partial charge in [-0.15, -0.1) is 0 Å². The first kappa shape index (κ1) is 16.6. The molecule has 3 N–H and O–H groups in total. The minimum absolute atomic E-state index is 0.0714. The molecule has 114 valence electrons. The summed E-state index contributed by atoms with van der Waals surface area (Å²) >= 11 is 0. The van der Waals surface area contributed by atoms with Crippen LogP contribution in [0, 0.1) is 0 Å². The minimum Gasteiger partial charge on any atom is -0.478 e. The fraction of sp³-hybridized carbons (Fsp3) is 0.308. The van der Waals surface area contributed by atoms with Crippen molar-refractivity contribution in [3.63, 3.8) is 0 Å². The second kappa shape index (κ2) is 7.98. The number of hydrogen-bond acceptors (Lipinski definition) is 5. The molecule has 2 amide bonds. The van der Waals surface area contributed by atoms with E-state index in [1.807, 2.05) is 0 Å². The van der Waals surface area contributed by atoms with E-state index in [2.05, 4.69) is 20.1 Å². The molecule has 0 fully saturated rings. The van der Waals surface area contributed by atoms with Crippen LogP contribution < -0.4 is 10.6 Å². The molecule has 0 aliphatic heterocycles. The SMILES string of the molecule is COCC(=O)Nc1cc(NC(=O)COC)cc(C(=O)O)c1. The highest BCUT2D eigenvalue weighted by molar-refractivity contribution is 5.98. The van der Waals surface area contributed by atoms with Crippen LogP contribution in [0.25, 0.3) is 0 Å². The number of rotatable bonds is 7. The molecule has 8 nitrogen and oxygen atoms in total. The Morgan fingerprint density at radius 2 is 1.38 bits per heavy atom. The second-order valence-corrected chi connectivity index (χ2v) is 4.07. The Hall–Kier alpha value is -2.45. The average molecular weight is 296 g/mol. The van der Waals surface area contributed by atoms with Crippen molar-refractivity contribution >= 4 is 29.2 Å². The van der Waals surface area contributed by atoms with E-state index in [0.717, 1.165) is 0 Å². The maximum Gasteiger partial charge on any atom is 0.335 e. The monoisotopic (exact) mass is 296 g/mol. The fourth-order valence-corrected chi connectivity index (χ4v) is 1.55. The Bertz CT molecular complexity index is 505. The van der Waals surface area contributed by atoms with Gasteiger partial charge in [0.25, 0.3) is 0 Å². The molecule has 0 aliphatic rings. The third-order valence-corrected chi connectivity index (χ3v) is 2.30. The number of methoxy groups -OCH3 is 2. The van der Waals surface area contributed by atoms with Gasteiger partial charge in [0.05, 0.1) is 5.56 Å². The number of benzene rings is 1. The molecule has 0 aliphatic carbocycles. The Morgan fingerprint density at radius 3 is 1.71 bits per heavy atom. The number of amides is 2. The largest absolute Gasteiger partial charge is 0.478 e. The lowest BCUT2D eigenvalue weighted by atomic mass is 10.1. The van der Waals surface area contributed by atoms with E-state index in [1.165, 1.54) is 32.4 Å². The predicted molar refractivity (Wildman–Crippen MR) is 74.4 cm³/mol. The minimum atomic E-state index is -1.18. The van der Waals surface area contributed by atoms with Gasteiger partial charge < -0.3 is 25.2 Å². The Morgan fingerprint density at radius 1 is 0.952 bits per heavy atom. The van der Waals surface area contributed by atoms with Crippen molar-refractivity contribution in [2.75, 3.05) is 38.1 Å². The normalized spacial score (nSPS) is 10.0. The number of ether oxygens (including phenoxy) is 2. The average Bonchev–Trinajstić information content (AvgIpc) is 2.38. The Labute approximate surface area is 121 Å². The highest BCUT2D eigenvalue weighted by atomic mass is 16.5. The summed E-state index contributed by atoms with van der Waals surface area (Å²) in [7, 11) is 2.73. The lowest BCUT2D eigenvalue weighted by molar-refractivity contribution is -0.120. The maximum atomic E-state index is 11.4. The van der Waals surface area contributed by atoms with Crippen LogP contribution in [0.5, 0.6) is 0 Å². The number of anilines is 2. The second-order valence-electron chi connectivity index (χ2n) is 4.07. The van der Waals surface area contributed by atoms with Crippen molar-refractivity contribution in [2.24, 2.45) is 0 Å². The highest BCUT2D eigenvalue weighted by Crippen LogP contribution is 2.19. The van der Waals surface area contributed by atoms with E-state index in [-0.39, 0.29) is 30.2 Å². The van der Waals surface area contributed by atoms with Gasteiger partial charge in [-0.25, -0.2) is 4.79 Å². The van der Waals surface area contributed by atoms with E-state index in [4.69, 9.17) is 5.11 Å². The number of carboxylic acids is 1. The number of carbonyl (C=O) groups excluding carboxylic acids is 2. The summed E-state index contributed by atoms with van der Waals surface area (Å²) in [5.41, 5.74) is 0.410. The summed E-state index contributed by atoms with van der Waals surface area (Å²) in [5.74, 6) is -2.05. The highest BCUT2D eigenvalue weighted by Gasteiger charge is 2.11. The van der Waals surface area contributed by atoms with Crippen molar-refractivity contribution in [3.05, 3.63) is 23.8 Å². The molecule has 0 bridgehead atoms. The van der Waals surface area contributed by atoms with Crippen LogP contribution in [-0.4, -0.2) is 50.3 Å². The van der Waals surface area contributed by atoms with E-state index in [9.17, 15) is 14.4 Å². The fourth-order valence-electron chi connectivity index (χ4n) is 1.55. The summed E-state index contributed by atoms with van der Waals surface area (Å²) in [5, 5.41) is 14.0. The Balaban J connectivity index is 2.97. The van der Waals surface area contributed by atoms with Crippen LogP contribution in [0.1, 0.15) is 10.4 Å². The summed E-state index contributed by atoms with van der Waals surface area (Å²) in [6, 6.07) is 4.00. The van der Waals surface area contributed by atoms with E-state index in [0.29, 0.717) is 0 Å². The zero-order chi connectivity index (χ0) is 15.8. The van der Waals surface area contributed by atoms with Crippen LogP contribution in [0.3, 0.4) is 0 Å². The molecule has 0 atom stereocenters. The van der Waals surface area contributed by atoms with Gasteiger partial charge in [-0.2, -0.15) is 0 Å². The van der Waals surface area contributed by atoms with Crippen LogP contribution in [-0.2, 0) is 19.1 Å². The summed E-state index contributed by atoms with van der Waals surface area (Å²) in [6.07, 6.45) is 0. The smallest absolute Gasteiger partial charge is 0.335 e. The van der Waals surface area contributed by atoms with Crippen LogP contribution in [0.4, 0.5) is 11.4 Å². The van der Waals surface area contributed by atoms with Gasteiger partial charge in [0.15, 0.2) is 0 Å². The first-order valence-corrected chi connectivity index (χ1v) is 5.92. The van der Waals surface area contributed by atoms with Crippen LogP contribution in [0.15, 0.2) is 18.2 Å². The maximum absolute atomic E-state index is 11.4. The van der Waals surface area contributed by atoms with E-state index >= 15 is 0 Å². The lowest BCUT2D eigenvalue weighted by Crippen LogP contribution is -2.19. The van der Waals surface area contributed by atoms with Crippen molar-refractivity contribution in [2.45, 2.75) is 0 Å². The number of carbonyl (C=O) groups is 3. The zero-order valence-corrected chi connectivity index (χ0v) is 11.6. The molecule has 0 spiro atoms. The van der Waals surface area contributed by atoms with Gasteiger partial charge in [-0.1, -0.05) is 0 Å². The molecule has 1 rings (SSSR count). The van der Waals surface area contributed by atoms with Gasteiger partial charge in [-0.05, 0) is 18.2 Å². The van der Waals surface area contributed by atoms with E-state index in [1.54, 1.807) is 0 Å². The first-order valence-electron chi connectivity index (χ1n) is 5.92. The van der Waals surface area contributed by atoms with Gasteiger partial charge in [0.1, 0.15) is 13.2 Å². The number of nitrogens with one attached hydrogen (secondary N) is 2. The Kier molecular flexibility index (Phi) is 6.31. The third kappa shape index (κ3) is 5.59. The van der Waals surface area contributed by atoms with E-state index < -0.39 is 17.8 Å². The first-order chi connectivity index (χ1) is 9.96. The quantitative estimate of drug-likeness (QED) is 0.677. The number of hydrogen-bond donors (Lipinski definition) is 3. The molecule has 0 radical (unpaired) electrons. The van der Waals surface area contributed by atoms with Gasteiger partial charge in [0, 0.05) is 25.6 Å². The third-order valence-electron chi connectivity index (χ3n) is 2.30. The molecule has 0 unspecified atom stereocenters. The van der Waals surface area contributed by atoms with Crippen molar-refractivity contribution in [1.82, 2.24) is 0 Å². The molecule has 1 aromatic carbocycles. The molecule has 0 saturated heterocycles. The summed E-state index contributed by atoms with van der Waals surface area (Å²) in [4.78, 5) is 33.9. The lowest BCUT2D eigenvalue weighted by Gasteiger charge is -2.10. The number of aromatic carboxylic acids is 1. The van der Waals surface area contributed by atoms with Crippen molar-refractivity contribution < 1.29 is 29.0 Å². The molecule has 21 heavy (non-hydrogen) atoms. The predicted octanol–water partition coefficient (Wildman–Crippen LogP) is 0.555.